The SMILES string of the molecule is CN1CCN(c2ccc(/C(=C(/CCCO)c3ccccc3)c3ccc(O)cc3)cc2)CC1.OCCC/C(=C(\c1ccc(O)cc1)c1ccc(N2CCOCC2)cc1)c1ccccc1. The maximum atomic E-state index is 9.85. The van der Waals surface area contributed by atoms with E-state index < -0.39 is 0 Å². The van der Waals surface area contributed by atoms with Gasteiger partial charge in [-0.2, -0.15) is 0 Å². The van der Waals surface area contributed by atoms with E-state index in [0.717, 1.165) is 110 Å². The summed E-state index contributed by atoms with van der Waals surface area (Å²) in [5, 5.41) is 38.8. The third-order valence-electron chi connectivity index (χ3n) is 11.9. The van der Waals surface area contributed by atoms with Gasteiger partial charge in [-0.05, 0) is 137 Å². The predicted molar refractivity (Wildman–Crippen MR) is 259 cm³/mol. The third-order valence-corrected chi connectivity index (χ3v) is 11.9. The summed E-state index contributed by atoms with van der Waals surface area (Å²) in [6.07, 6.45) is 2.93. The average Bonchev–Trinajstić information content (AvgIpc) is 3.34. The number of aliphatic hydroxyl groups excluding tert-OH is 2. The van der Waals surface area contributed by atoms with Crippen molar-refractivity contribution in [2.24, 2.45) is 0 Å². The quantitative estimate of drug-likeness (QED) is 0.0805. The lowest BCUT2D eigenvalue weighted by atomic mass is 9.87. The van der Waals surface area contributed by atoms with E-state index in [4.69, 9.17) is 4.74 Å². The van der Waals surface area contributed by atoms with Crippen LogP contribution < -0.4 is 9.80 Å². The lowest BCUT2D eigenvalue weighted by molar-refractivity contribution is 0.122. The van der Waals surface area contributed by atoms with E-state index in [9.17, 15) is 20.4 Å². The van der Waals surface area contributed by atoms with Crippen LogP contribution in [-0.4, -0.2) is 98.1 Å². The summed E-state index contributed by atoms with van der Waals surface area (Å²) >= 11 is 0. The molecule has 0 unspecified atom stereocenters. The van der Waals surface area contributed by atoms with Gasteiger partial charge in [0.1, 0.15) is 11.5 Å². The first kappa shape index (κ1) is 44.9. The molecular formula is C55H61N3O5. The number of benzene rings is 6. The molecule has 2 heterocycles. The van der Waals surface area contributed by atoms with Gasteiger partial charge in [0.05, 0.1) is 13.2 Å². The van der Waals surface area contributed by atoms with Crippen LogP contribution in [0.15, 0.2) is 158 Å². The van der Waals surface area contributed by atoms with Crippen LogP contribution in [0.3, 0.4) is 0 Å². The molecule has 0 aromatic heterocycles. The Hall–Kier alpha value is -6.16. The second-order valence-corrected chi connectivity index (χ2v) is 16.2. The fourth-order valence-corrected chi connectivity index (χ4v) is 8.47. The first-order valence-electron chi connectivity index (χ1n) is 22.3. The van der Waals surface area contributed by atoms with Crippen molar-refractivity contribution in [3.63, 3.8) is 0 Å². The number of hydrogen-bond donors (Lipinski definition) is 4. The zero-order chi connectivity index (χ0) is 43.8. The van der Waals surface area contributed by atoms with Crippen LogP contribution in [0.1, 0.15) is 59.1 Å². The van der Waals surface area contributed by atoms with Gasteiger partial charge >= 0.3 is 0 Å². The normalized spacial score (nSPS) is 15.2. The van der Waals surface area contributed by atoms with Crippen molar-refractivity contribution in [3.8, 4) is 11.5 Å². The van der Waals surface area contributed by atoms with Crippen molar-refractivity contribution in [1.82, 2.24) is 4.90 Å². The summed E-state index contributed by atoms with van der Waals surface area (Å²) in [5.74, 6) is 0.512. The Morgan fingerprint density at radius 1 is 0.429 bits per heavy atom. The molecule has 2 aliphatic heterocycles. The van der Waals surface area contributed by atoms with E-state index in [2.05, 4.69) is 107 Å². The highest BCUT2D eigenvalue weighted by atomic mass is 16.5. The molecule has 8 heteroatoms. The number of aromatic hydroxyl groups is 2. The number of anilines is 2. The Kier molecular flexibility index (Phi) is 16.2. The number of nitrogens with zero attached hydrogens (tertiary/aromatic N) is 3. The summed E-state index contributed by atoms with van der Waals surface area (Å²) < 4.78 is 5.48. The third kappa shape index (κ3) is 12.1. The summed E-state index contributed by atoms with van der Waals surface area (Å²) in [5.41, 5.74) is 13.8. The van der Waals surface area contributed by atoms with E-state index in [-0.39, 0.29) is 24.7 Å². The van der Waals surface area contributed by atoms with Gasteiger partial charge in [-0.25, -0.2) is 0 Å². The van der Waals surface area contributed by atoms with Crippen LogP contribution in [0.2, 0.25) is 0 Å². The molecule has 0 bridgehead atoms. The van der Waals surface area contributed by atoms with Crippen LogP contribution in [0.4, 0.5) is 11.4 Å². The number of ether oxygens (including phenoxy) is 1. The fourth-order valence-electron chi connectivity index (χ4n) is 8.47. The molecule has 63 heavy (non-hydrogen) atoms. The Morgan fingerprint density at radius 2 is 0.778 bits per heavy atom. The number of hydrogen-bond acceptors (Lipinski definition) is 8. The van der Waals surface area contributed by atoms with Crippen LogP contribution >= 0.6 is 0 Å². The lowest BCUT2D eigenvalue weighted by Crippen LogP contribution is -2.44. The highest BCUT2D eigenvalue weighted by molar-refractivity contribution is 6.00. The number of allylic oxidation sites excluding steroid dienone is 2. The van der Waals surface area contributed by atoms with Gasteiger partial charge in [0.15, 0.2) is 0 Å². The largest absolute Gasteiger partial charge is 0.508 e. The molecule has 2 saturated heterocycles. The molecule has 4 N–H and O–H groups in total. The molecule has 0 saturated carbocycles. The number of phenols is 2. The van der Waals surface area contributed by atoms with Crippen molar-refractivity contribution in [1.29, 1.82) is 0 Å². The van der Waals surface area contributed by atoms with Crippen molar-refractivity contribution in [2.75, 3.05) is 82.5 Å². The maximum Gasteiger partial charge on any atom is 0.115 e. The molecule has 0 radical (unpaired) electrons. The van der Waals surface area contributed by atoms with E-state index in [1.807, 2.05) is 48.5 Å². The summed E-state index contributed by atoms with van der Waals surface area (Å²) in [6.45, 7) is 7.90. The monoisotopic (exact) mass is 843 g/mol. The van der Waals surface area contributed by atoms with Gasteiger partial charge in [-0.1, -0.05) is 109 Å². The van der Waals surface area contributed by atoms with Crippen molar-refractivity contribution >= 4 is 33.7 Å². The van der Waals surface area contributed by atoms with Crippen LogP contribution in [0.5, 0.6) is 11.5 Å². The van der Waals surface area contributed by atoms with E-state index in [0.29, 0.717) is 12.8 Å². The molecular weight excluding hydrogens is 783 g/mol. The maximum absolute atomic E-state index is 9.85. The number of aliphatic hydroxyl groups is 2. The minimum Gasteiger partial charge on any atom is -0.508 e. The minimum atomic E-state index is 0.148. The number of likely N-dealkylation sites (N-methyl/N-ethyl adjacent to an activating group) is 1. The van der Waals surface area contributed by atoms with E-state index in [1.54, 1.807) is 24.3 Å². The molecule has 326 valence electrons. The molecule has 0 amide bonds. The van der Waals surface area contributed by atoms with Gasteiger partial charge in [0.25, 0.3) is 0 Å². The molecule has 0 spiro atoms. The Morgan fingerprint density at radius 3 is 1.14 bits per heavy atom. The van der Waals surface area contributed by atoms with Gasteiger partial charge in [-0.15, -0.1) is 0 Å². The van der Waals surface area contributed by atoms with Crippen molar-refractivity contribution < 1.29 is 25.2 Å². The van der Waals surface area contributed by atoms with Crippen molar-refractivity contribution in [2.45, 2.75) is 25.7 Å². The molecule has 2 aliphatic rings. The minimum absolute atomic E-state index is 0.148. The summed E-state index contributed by atoms with van der Waals surface area (Å²) in [6, 6.07) is 53.1. The molecule has 2 fully saturated rings. The second-order valence-electron chi connectivity index (χ2n) is 16.2. The molecule has 8 rings (SSSR count). The van der Waals surface area contributed by atoms with Crippen LogP contribution in [0.25, 0.3) is 22.3 Å². The highest BCUT2D eigenvalue weighted by Gasteiger charge is 2.19. The van der Waals surface area contributed by atoms with E-state index in [1.165, 1.54) is 22.5 Å². The van der Waals surface area contributed by atoms with Crippen molar-refractivity contribution in [3.05, 3.63) is 191 Å². The highest BCUT2D eigenvalue weighted by Crippen LogP contribution is 2.38. The Bertz CT molecular complexity index is 2350. The fraction of sp³-hybridized carbons (Fsp3) is 0.273. The summed E-state index contributed by atoms with van der Waals surface area (Å²) in [4.78, 5) is 7.16. The molecule has 8 nitrogen and oxygen atoms in total. The van der Waals surface area contributed by atoms with E-state index >= 15 is 0 Å². The zero-order valence-electron chi connectivity index (χ0n) is 36.4. The van der Waals surface area contributed by atoms with Crippen LogP contribution in [0, 0.1) is 0 Å². The number of piperazine rings is 1. The molecule has 0 atom stereocenters. The van der Waals surface area contributed by atoms with Crippen LogP contribution in [-0.2, 0) is 4.74 Å². The average molecular weight is 844 g/mol. The van der Waals surface area contributed by atoms with Gasteiger partial charge < -0.3 is 39.9 Å². The molecule has 0 aliphatic carbocycles. The smallest absolute Gasteiger partial charge is 0.115 e. The van der Waals surface area contributed by atoms with Gasteiger partial charge in [-0.3, -0.25) is 0 Å². The Balaban J connectivity index is 0.000000189. The summed E-state index contributed by atoms with van der Waals surface area (Å²) in [7, 11) is 2.17. The zero-order valence-corrected chi connectivity index (χ0v) is 36.4. The topological polar surface area (TPSA) is 99.9 Å². The number of phenolic OH excluding ortho intramolecular Hbond substituents is 2. The first-order valence-corrected chi connectivity index (χ1v) is 22.3. The number of morpholine rings is 1. The standard InChI is InChI=1S/C28H32N2O2.C27H29NO3/c1-29-17-19-30(20-18-29)25-13-9-23(10-14-25)28(24-11-15-26(32)16-12-24)27(8-5-21-31)22-6-3-2-4-7-22;29-18-4-7-26(21-5-2-1-3-6-21)27(23-10-14-25(30)15-11-23)22-8-12-24(13-9-22)28-16-19-31-20-17-28/h2-4,6-7,9-16,31-32H,5,8,17-21H2,1H3;1-3,5-6,8-15,29-30H,4,7,16-20H2/b28-27+;27-26+. The van der Waals surface area contributed by atoms with Gasteiger partial charge in [0.2, 0.25) is 0 Å². The second kappa shape index (κ2) is 22.8. The van der Waals surface area contributed by atoms with Gasteiger partial charge in [0, 0.05) is 63.9 Å². The predicted octanol–water partition coefficient (Wildman–Crippen LogP) is 9.84. The lowest BCUT2D eigenvalue weighted by Gasteiger charge is -2.34. The first-order chi connectivity index (χ1) is 30.9. The number of rotatable bonds is 14. The molecule has 6 aromatic rings. The molecule has 6 aromatic carbocycles. The Labute approximate surface area is 373 Å².